The molecule has 1 aromatic rings. The molecule has 1 unspecified atom stereocenters. The van der Waals surface area contributed by atoms with Gasteiger partial charge in [-0.05, 0) is 26.7 Å². The van der Waals surface area contributed by atoms with E-state index < -0.39 is 0 Å². The van der Waals surface area contributed by atoms with Gasteiger partial charge in [0.15, 0.2) is 5.82 Å². The maximum atomic E-state index is 5.04. The normalized spacial score (nSPS) is 12.8. The Labute approximate surface area is 91.4 Å². The second kappa shape index (κ2) is 5.75. The molecule has 86 valence electrons. The standard InChI is InChI=1S/C11H21N3O/c1-5-10-9(3)11(14-13-10)12-8(2)6-7-15-4/h8H,5-7H2,1-4H3,(H2,12,13,14). The van der Waals surface area contributed by atoms with Gasteiger partial charge in [-0.2, -0.15) is 5.10 Å². The molecule has 0 saturated carbocycles. The number of aromatic amines is 1. The second-order valence-electron chi connectivity index (χ2n) is 3.86. The van der Waals surface area contributed by atoms with Crippen LogP contribution in [0.25, 0.3) is 0 Å². The summed E-state index contributed by atoms with van der Waals surface area (Å²) in [5.74, 6) is 0.968. The van der Waals surface area contributed by atoms with Crippen molar-refractivity contribution in [3.05, 3.63) is 11.3 Å². The fourth-order valence-corrected chi connectivity index (χ4v) is 1.52. The molecule has 0 amide bonds. The molecule has 0 aliphatic heterocycles. The van der Waals surface area contributed by atoms with Crippen LogP contribution >= 0.6 is 0 Å². The summed E-state index contributed by atoms with van der Waals surface area (Å²) in [5.41, 5.74) is 2.43. The third kappa shape index (κ3) is 3.23. The van der Waals surface area contributed by atoms with Gasteiger partial charge in [0.2, 0.25) is 0 Å². The van der Waals surface area contributed by atoms with E-state index in [0.29, 0.717) is 6.04 Å². The van der Waals surface area contributed by atoms with Crippen molar-refractivity contribution >= 4 is 5.82 Å². The monoisotopic (exact) mass is 211 g/mol. The molecular formula is C11H21N3O. The number of aryl methyl sites for hydroxylation is 1. The number of H-pyrrole nitrogens is 1. The highest BCUT2D eigenvalue weighted by molar-refractivity contribution is 5.46. The predicted molar refractivity (Wildman–Crippen MR) is 62.3 cm³/mol. The zero-order valence-electron chi connectivity index (χ0n) is 10.1. The first-order valence-corrected chi connectivity index (χ1v) is 5.48. The number of hydrogen-bond donors (Lipinski definition) is 2. The van der Waals surface area contributed by atoms with Crippen LogP contribution in [0.2, 0.25) is 0 Å². The summed E-state index contributed by atoms with van der Waals surface area (Å²) in [6.07, 6.45) is 1.98. The topological polar surface area (TPSA) is 49.9 Å². The molecule has 0 fully saturated rings. The van der Waals surface area contributed by atoms with Crippen molar-refractivity contribution in [1.82, 2.24) is 10.2 Å². The molecule has 1 aromatic heterocycles. The summed E-state index contributed by atoms with van der Waals surface area (Å²) in [6, 6.07) is 0.386. The first-order valence-electron chi connectivity index (χ1n) is 5.48. The van der Waals surface area contributed by atoms with Crippen LogP contribution in [-0.4, -0.2) is 30.0 Å². The van der Waals surface area contributed by atoms with E-state index in [9.17, 15) is 0 Å². The van der Waals surface area contributed by atoms with Crippen molar-refractivity contribution in [2.45, 2.75) is 39.7 Å². The van der Waals surface area contributed by atoms with Gasteiger partial charge in [-0.25, -0.2) is 0 Å². The minimum absolute atomic E-state index is 0.386. The molecule has 0 bridgehead atoms. The van der Waals surface area contributed by atoms with Crippen molar-refractivity contribution in [1.29, 1.82) is 0 Å². The molecule has 1 atom stereocenters. The average molecular weight is 211 g/mol. The maximum absolute atomic E-state index is 5.04. The molecule has 4 heteroatoms. The van der Waals surface area contributed by atoms with Gasteiger partial charge >= 0.3 is 0 Å². The number of anilines is 1. The first-order chi connectivity index (χ1) is 7.19. The Hall–Kier alpha value is -1.03. The molecule has 0 aromatic carbocycles. The van der Waals surface area contributed by atoms with Crippen molar-refractivity contribution in [2.75, 3.05) is 19.0 Å². The van der Waals surface area contributed by atoms with Crippen LogP contribution in [0.1, 0.15) is 31.5 Å². The molecule has 0 radical (unpaired) electrons. The molecule has 2 N–H and O–H groups in total. The third-order valence-electron chi connectivity index (χ3n) is 2.60. The van der Waals surface area contributed by atoms with Crippen LogP contribution < -0.4 is 5.32 Å². The number of ether oxygens (including phenoxy) is 1. The molecule has 0 aliphatic rings. The zero-order valence-corrected chi connectivity index (χ0v) is 10.1. The van der Waals surface area contributed by atoms with Gasteiger partial charge in [0, 0.05) is 31.0 Å². The predicted octanol–water partition coefficient (Wildman–Crippen LogP) is 2.12. The Balaban J connectivity index is 2.52. The molecular weight excluding hydrogens is 190 g/mol. The van der Waals surface area contributed by atoms with E-state index in [-0.39, 0.29) is 0 Å². The van der Waals surface area contributed by atoms with Crippen LogP contribution in [0.3, 0.4) is 0 Å². The van der Waals surface area contributed by atoms with E-state index in [2.05, 4.69) is 36.3 Å². The summed E-state index contributed by atoms with van der Waals surface area (Å²) in [5, 5.41) is 10.7. The molecule has 0 spiro atoms. The van der Waals surface area contributed by atoms with Gasteiger partial charge in [0.25, 0.3) is 0 Å². The molecule has 1 heterocycles. The Bertz CT molecular complexity index is 296. The minimum Gasteiger partial charge on any atom is -0.385 e. The lowest BCUT2D eigenvalue weighted by Crippen LogP contribution is -2.17. The lowest BCUT2D eigenvalue weighted by molar-refractivity contribution is 0.191. The number of hydrogen-bond acceptors (Lipinski definition) is 3. The van der Waals surface area contributed by atoms with E-state index in [4.69, 9.17) is 4.74 Å². The van der Waals surface area contributed by atoms with E-state index in [0.717, 1.165) is 25.3 Å². The lowest BCUT2D eigenvalue weighted by Gasteiger charge is -2.13. The maximum Gasteiger partial charge on any atom is 0.151 e. The fraction of sp³-hybridized carbons (Fsp3) is 0.727. The van der Waals surface area contributed by atoms with Gasteiger partial charge in [-0.3, -0.25) is 5.10 Å². The van der Waals surface area contributed by atoms with Crippen LogP contribution in [0.15, 0.2) is 0 Å². The largest absolute Gasteiger partial charge is 0.385 e. The lowest BCUT2D eigenvalue weighted by atomic mass is 10.2. The molecule has 0 aliphatic carbocycles. The molecule has 1 rings (SSSR count). The molecule has 0 saturated heterocycles. The minimum atomic E-state index is 0.386. The summed E-state index contributed by atoms with van der Waals surface area (Å²) in [6.45, 7) is 7.13. The highest BCUT2D eigenvalue weighted by Gasteiger charge is 2.09. The van der Waals surface area contributed by atoms with Crippen molar-refractivity contribution in [3.8, 4) is 0 Å². The quantitative estimate of drug-likeness (QED) is 0.757. The Kier molecular flexibility index (Phi) is 4.62. The zero-order chi connectivity index (χ0) is 11.3. The SMILES string of the molecule is CCc1[nH]nc(NC(C)CCOC)c1C. The van der Waals surface area contributed by atoms with Gasteiger partial charge in [-0.15, -0.1) is 0 Å². The number of aromatic nitrogens is 2. The fourth-order valence-electron chi connectivity index (χ4n) is 1.52. The third-order valence-corrected chi connectivity index (χ3v) is 2.60. The highest BCUT2D eigenvalue weighted by Crippen LogP contribution is 2.16. The summed E-state index contributed by atoms with van der Waals surface area (Å²) < 4.78 is 5.04. The molecule has 15 heavy (non-hydrogen) atoms. The van der Waals surface area contributed by atoms with Gasteiger partial charge < -0.3 is 10.1 Å². The second-order valence-corrected chi connectivity index (χ2v) is 3.86. The van der Waals surface area contributed by atoms with Gasteiger partial charge in [0.05, 0.1) is 0 Å². The summed E-state index contributed by atoms with van der Waals surface area (Å²) in [7, 11) is 1.72. The van der Waals surface area contributed by atoms with E-state index in [1.165, 1.54) is 11.3 Å². The number of rotatable bonds is 6. The number of nitrogens with one attached hydrogen (secondary N) is 2. The van der Waals surface area contributed by atoms with Crippen molar-refractivity contribution in [3.63, 3.8) is 0 Å². The van der Waals surface area contributed by atoms with Crippen molar-refractivity contribution in [2.24, 2.45) is 0 Å². The van der Waals surface area contributed by atoms with Crippen LogP contribution in [0, 0.1) is 6.92 Å². The smallest absolute Gasteiger partial charge is 0.151 e. The van der Waals surface area contributed by atoms with E-state index in [1.54, 1.807) is 7.11 Å². The van der Waals surface area contributed by atoms with Crippen LogP contribution in [0.4, 0.5) is 5.82 Å². The van der Waals surface area contributed by atoms with Crippen molar-refractivity contribution < 1.29 is 4.74 Å². The number of methoxy groups -OCH3 is 1. The van der Waals surface area contributed by atoms with Gasteiger partial charge in [-0.1, -0.05) is 6.92 Å². The first kappa shape index (κ1) is 12.0. The Morgan fingerprint density at radius 3 is 2.80 bits per heavy atom. The molecule has 4 nitrogen and oxygen atoms in total. The Morgan fingerprint density at radius 1 is 1.53 bits per heavy atom. The highest BCUT2D eigenvalue weighted by atomic mass is 16.5. The van der Waals surface area contributed by atoms with E-state index >= 15 is 0 Å². The van der Waals surface area contributed by atoms with Crippen LogP contribution in [-0.2, 0) is 11.2 Å². The summed E-state index contributed by atoms with van der Waals surface area (Å²) in [4.78, 5) is 0. The Morgan fingerprint density at radius 2 is 2.27 bits per heavy atom. The number of nitrogens with zero attached hydrogens (tertiary/aromatic N) is 1. The van der Waals surface area contributed by atoms with Crippen LogP contribution in [0.5, 0.6) is 0 Å². The summed E-state index contributed by atoms with van der Waals surface area (Å²) >= 11 is 0. The average Bonchev–Trinajstić information content (AvgIpc) is 2.57. The van der Waals surface area contributed by atoms with Gasteiger partial charge in [0.1, 0.15) is 0 Å². The van der Waals surface area contributed by atoms with E-state index in [1.807, 2.05) is 0 Å².